The third kappa shape index (κ3) is 11.5. The van der Waals surface area contributed by atoms with Crippen molar-refractivity contribution < 1.29 is 33.5 Å². The van der Waals surface area contributed by atoms with E-state index in [4.69, 9.17) is 10.5 Å². The van der Waals surface area contributed by atoms with Gasteiger partial charge in [-0.1, -0.05) is 57.9 Å². The number of amides is 3. The first-order valence-electron chi connectivity index (χ1n) is 15.5. The number of hydrogen-bond donors (Lipinski definition) is 4. The number of carbonyl (C=O) groups is 6. The van der Waals surface area contributed by atoms with Crippen molar-refractivity contribution in [2.45, 2.75) is 104 Å². The second kappa shape index (κ2) is 18.3. The van der Waals surface area contributed by atoms with Crippen LogP contribution in [0.15, 0.2) is 42.5 Å². The van der Waals surface area contributed by atoms with Crippen LogP contribution in [0.5, 0.6) is 0 Å². The van der Waals surface area contributed by atoms with Crippen molar-refractivity contribution in [1.82, 2.24) is 10.6 Å². The number of ketones is 2. The Morgan fingerprint density at radius 3 is 2.16 bits per heavy atom. The van der Waals surface area contributed by atoms with Crippen molar-refractivity contribution in [3.05, 3.63) is 59.2 Å². The number of unbranched alkanes of at least 4 members (excludes halogenated alkanes) is 1. The van der Waals surface area contributed by atoms with Crippen molar-refractivity contribution in [1.29, 1.82) is 0 Å². The molecule has 0 aliphatic carbocycles. The van der Waals surface area contributed by atoms with Crippen LogP contribution in [0.3, 0.4) is 0 Å². The molecule has 11 heteroatoms. The van der Waals surface area contributed by atoms with Crippen molar-refractivity contribution in [2.24, 2.45) is 0 Å². The highest BCUT2D eigenvalue weighted by atomic mass is 16.5. The summed E-state index contributed by atoms with van der Waals surface area (Å²) in [6.07, 6.45) is 2.17. The Morgan fingerprint density at radius 2 is 1.53 bits per heavy atom. The molecule has 0 bridgehead atoms. The Bertz CT molecular complexity index is 1350. The lowest BCUT2D eigenvalue weighted by Gasteiger charge is -2.25. The molecule has 5 N–H and O–H groups in total. The molecule has 0 aromatic heterocycles. The van der Waals surface area contributed by atoms with E-state index in [0.717, 1.165) is 12.8 Å². The second-order valence-electron chi connectivity index (χ2n) is 11.1. The minimum Gasteiger partial charge on any atom is -0.461 e. The lowest BCUT2D eigenvalue weighted by Crippen LogP contribution is -2.53. The minimum atomic E-state index is -1.41. The van der Waals surface area contributed by atoms with E-state index in [1.165, 1.54) is 13.0 Å². The molecular weight excluding hydrogens is 576 g/mol. The van der Waals surface area contributed by atoms with Gasteiger partial charge in [-0.05, 0) is 49.9 Å². The zero-order valence-electron chi connectivity index (χ0n) is 26.9. The quantitative estimate of drug-likeness (QED) is 0.105. The fraction of sp³-hybridized carbons (Fsp3) is 0.471. The van der Waals surface area contributed by atoms with Gasteiger partial charge >= 0.3 is 5.97 Å². The van der Waals surface area contributed by atoms with Crippen LogP contribution < -0.4 is 21.7 Å². The van der Waals surface area contributed by atoms with E-state index in [9.17, 15) is 28.8 Å². The van der Waals surface area contributed by atoms with E-state index in [-0.39, 0.29) is 34.8 Å². The van der Waals surface area contributed by atoms with Gasteiger partial charge in [-0.3, -0.25) is 24.0 Å². The zero-order valence-corrected chi connectivity index (χ0v) is 26.9. The molecule has 2 aromatic rings. The van der Waals surface area contributed by atoms with Gasteiger partial charge in [0.2, 0.25) is 17.7 Å². The van der Waals surface area contributed by atoms with Gasteiger partial charge in [0.1, 0.15) is 18.2 Å². The molecule has 0 aliphatic heterocycles. The van der Waals surface area contributed by atoms with E-state index in [1.807, 2.05) is 13.8 Å². The standard InChI is InChI=1S/C34H46N4O7/c1-6-9-15-23(8-3)45-34(44)28(20-30(41)32-21(4)14-12-17-25(32)35)38-33(43)27(37-31(42)13-7-2)19-29(40)24-16-10-11-18-26(24)36-22(5)39/h10-12,14,16-18,23,27-28H,6-9,13,15,19-20,35H2,1-5H3,(H,36,39)(H,37,42)(H,38,43)/t23?,27?,28-/m1/s1. The monoisotopic (exact) mass is 622 g/mol. The molecule has 0 saturated carbocycles. The minimum absolute atomic E-state index is 0.104. The molecule has 244 valence electrons. The van der Waals surface area contributed by atoms with Crippen LogP contribution in [-0.4, -0.2) is 53.4 Å². The van der Waals surface area contributed by atoms with Crippen LogP contribution in [0.2, 0.25) is 0 Å². The molecule has 2 rings (SSSR count). The second-order valence-corrected chi connectivity index (χ2v) is 11.1. The third-order valence-corrected chi connectivity index (χ3v) is 7.25. The first kappa shape index (κ1) is 36.7. The number of aryl methyl sites for hydroxylation is 1. The van der Waals surface area contributed by atoms with Crippen LogP contribution in [0, 0.1) is 6.92 Å². The fourth-order valence-corrected chi connectivity index (χ4v) is 4.87. The molecule has 0 spiro atoms. The normalized spacial score (nSPS) is 12.7. The highest BCUT2D eigenvalue weighted by molar-refractivity contribution is 6.07. The summed E-state index contributed by atoms with van der Waals surface area (Å²) in [6, 6.07) is 8.53. The van der Waals surface area contributed by atoms with Crippen molar-refractivity contribution >= 4 is 46.6 Å². The van der Waals surface area contributed by atoms with Crippen LogP contribution >= 0.6 is 0 Å². The molecule has 0 heterocycles. The van der Waals surface area contributed by atoms with E-state index in [2.05, 4.69) is 16.0 Å². The van der Waals surface area contributed by atoms with Crippen molar-refractivity contribution in [3.63, 3.8) is 0 Å². The maximum Gasteiger partial charge on any atom is 0.329 e. The summed E-state index contributed by atoms with van der Waals surface area (Å²) in [7, 11) is 0. The topological polar surface area (TPSA) is 174 Å². The Hall–Kier alpha value is -4.54. The first-order valence-corrected chi connectivity index (χ1v) is 15.5. The smallest absolute Gasteiger partial charge is 0.329 e. The number of hydrogen-bond acceptors (Lipinski definition) is 8. The third-order valence-electron chi connectivity index (χ3n) is 7.25. The van der Waals surface area contributed by atoms with Gasteiger partial charge in [-0.25, -0.2) is 4.79 Å². The molecular formula is C34H46N4O7. The molecule has 3 atom stereocenters. The number of esters is 1. The van der Waals surface area contributed by atoms with Crippen molar-refractivity contribution in [2.75, 3.05) is 11.1 Å². The summed E-state index contributed by atoms with van der Waals surface area (Å²) >= 11 is 0. The first-order chi connectivity index (χ1) is 21.4. The average Bonchev–Trinajstić information content (AvgIpc) is 2.98. The SMILES string of the molecule is CCCCC(CC)OC(=O)[C@@H](CC(=O)c1c(C)cccc1N)NC(=O)C(CC(=O)c1ccccc1NC(C)=O)NC(=O)CCC. The number of nitrogen functional groups attached to an aromatic ring is 1. The molecule has 0 saturated heterocycles. The predicted octanol–water partition coefficient (Wildman–Crippen LogP) is 4.66. The maximum absolute atomic E-state index is 13.7. The summed E-state index contributed by atoms with van der Waals surface area (Å²) in [4.78, 5) is 78.3. The Labute approximate surface area is 265 Å². The lowest BCUT2D eigenvalue weighted by atomic mass is 9.97. The number of ether oxygens (including phenoxy) is 1. The average molecular weight is 623 g/mol. The number of carbonyl (C=O) groups excluding carboxylic acids is 6. The van der Waals surface area contributed by atoms with Gasteiger partial charge in [0, 0.05) is 43.0 Å². The Kier molecular flexibility index (Phi) is 14.9. The summed E-state index contributed by atoms with van der Waals surface area (Å²) in [6.45, 7) is 8.72. The summed E-state index contributed by atoms with van der Waals surface area (Å²) in [5, 5.41) is 7.76. The highest BCUT2D eigenvalue weighted by Gasteiger charge is 2.33. The zero-order chi connectivity index (χ0) is 33.5. The van der Waals surface area contributed by atoms with Gasteiger partial charge in [0.25, 0.3) is 0 Å². The molecule has 45 heavy (non-hydrogen) atoms. The number of benzene rings is 2. The van der Waals surface area contributed by atoms with E-state index < -0.39 is 60.4 Å². The van der Waals surface area contributed by atoms with Crippen molar-refractivity contribution in [3.8, 4) is 0 Å². The number of para-hydroxylation sites is 1. The van der Waals surface area contributed by atoms with E-state index in [0.29, 0.717) is 24.8 Å². The molecule has 0 fully saturated rings. The van der Waals surface area contributed by atoms with E-state index in [1.54, 1.807) is 50.2 Å². The van der Waals surface area contributed by atoms with Gasteiger partial charge in [-0.2, -0.15) is 0 Å². The maximum atomic E-state index is 13.7. The van der Waals surface area contributed by atoms with Gasteiger partial charge in [0.05, 0.1) is 5.69 Å². The molecule has 2 unspecified atom stereocenters. The summed E-state index contributed by atoms with van der Waals surface area (Å²) in [5.41, 5.74) is 7.58. The number of anilines is 2. The number of nitrogens with two attached hydrogens (primary N) is 1. The molecule has 0 aliphatic rings. The van der Waals surface area contributed by atoms with Crippen LogP contribution in [-0.2, 0) is 23.9 Å². The Balaban J connectivity index is 2.41. The summed E-state index contributed by atoms with van der Waals surface area (Å²) < 4.78 is 5.73. The fourth-order valence-electron chi connectivity index (χ4n) is 4.87. The number of rotatable bonds is 18. The van der Waals surface area contributed by atoms with Gasteiger partial charge in [-0.15, -0.1) is 0 Å². The highest BCUT2D eigenvalue weighted by Crippen LogP contribution is 2.21. The molecule has 11 nitrogen and oxygen atoms in total. The largest absolute Gasteiger partial charge is 0.461 e. The number of Topliss-reactive ketones (excluding diaryl/α,β-unsaturated/α-hetero) is 2. The van der Waals surface area contributed by atoms with Crippen LogP contribution in [0.25, 0.3) is 0 Å². The Morgan fingerprint density at radius 1 is 0.844 bits per heavy atom. The van der Waals surface area contributed by atoms with Crippen LogP contribution in [0.4, 0.5) is 11.4 Å². The molecule has 2 aromatic carbocycles. The number of nitrogens with one attached hydrogen (secondary N) is 3. The van der Waals surface area contributed by atoms with E-state index >= 15 is 0 Å². The summed E-state index contributed by atoms with van der Waals surface area (Å²) in [5.74, 6) is -3.47. The lowest BCUT2D eigenvalue weighted by molar-refractivity contribution is -0.153. The molecule has 3 amide bonds. The van der Waals surface area contributed by atoms with Gasteiger partial charge < -0.3 is 26.4 Å². The van der Waals surface area contributed by atoms with Gasteiger partial charge in [0.15, 0.2) is 11.6 Å². The van der Waals surface area contributed by atoms with Crippen LogP contribution in [0.1, 0.15) is 105 Å². The molecule has 0 radical (unpaired) electrons. The predicted molar refractivity (Wildman–Crippen MR) is 173 cm³/mol.